The normalized spacial score (nSPS) is 11.1. The van der Waals surface area contributed by atoms with Gasteiger partial charge in [-0.2, -0.15) is 0 Å². The van der Waals surface area contributed by atoms with Gasteiger partial charge in [-0.05, 0) is 72.8 Å². The summed E-state index contributed by atoms with van der Waals surface area (Å²) in [5, 5.41) is 13.7. The van der Waals surface area contributed by atoms with Crippen molar-refractivity contribution in [2.45, 2.75) is 0 Å². The largest absolute Gasteiger partial charge is 0.569 e. The number of hydrogen-bond donors (Lipinski definition) is 1. The van der Waals surface area contributed by atoms with Gasteiger partial charge in [0.05, 0.1) is 22.1 Å². The molecule has 0 bridgehead atoms. The molecule has 0 amide bonds. The van der Waals surface area contributed by atoms with Gasteiger partial charge in [0.15, 0.2) is 0 Å². The molecule has 6 aromatic carbocycles. The molecule has 6 heteroatoms. The Morgan fingerprint density at radius 3 is 1.48 bits per heavy atom. The van der Waals surface area contributed by atoms with Crippen LogP contribution in [0.15, 0.2) is 150 Å². The molecular weight excluding hydrogens is 583 g/mol. The van der Waals surface area contributed by atoms with Crippen molar-refractivity contribution in [3.05, 3.63) is 150 Å². The zero-order chi connectivity index (χ0) is 28.5. The number of para-hydroxylation sites is 4. The molecule has 8 rings (SSSR count). The highest BCUT2D eigenvalue weighted by Gasteiger charge is 2.13. The summed E-state index contributed by atoms with van der Waals surface area (Å²) in [4.78, 5) is 0. The fourth-order valence-electron chi connectivity index (χ4n) is 5.74. The molecule has 201 valence electrons. The van der Waals surface area contributed by atoms with Gasteiger partial charge in [0.2, 0.25) is 0 Å². The first kappa shape index (κ1) is 26.1. The molecule has 42 heavy (non-hydrogen) atoms. The van der Waals surface area contributed by atoms with E-state index in [1.165, 1.54) is 27.5 Å². The van der Waals surface area contributed by atoms with E-state index < -0.39 is 0 Å². The van der Waals surface area contributed by atoms with E-state index in [2.05, 4.69) is 116 Å². The van der Waals surface area contributed by atoms with Crippen molar-refractivity contribution in [2.75, 3.05) is 0 Å². The van der Waals surface area contributed by atoms with Gasteiger partial charge >= 0.3 is 7.69 Å². The summed E-state index contributed by atoms with van der Waals surface area (Å²) in [6.45, 7) is 0. The van der Waals surface area contributed by atoms with Crippen molar-refractivity contribution in [2.24, 2.45) is 0 Å². The van der Waals surface area contributed by atoms with Crippen LogP contribution in [-0.2, 0) is 0 Å². The lowest BCUT2D eigenvalue weighted by Crippen LogP contribution is -1.99. The topological polar surface area (TPSA) is 39.3 Å². The third-order valence-electron chi connectivity index (χ3n) is 7.50. The number of aromatic nitrogens is 2. The lowest BCUT2D eigenvalue weighted by molar-refractivity contribution is 0.454. The Labute approximate surface area is 252 Å². The van der Waals surface area contributed by atoms with E-state index in [-0.39, 0.29) is 0 Å². The molecule has 0 saturated heterocycles. The van der Waals surface area contributed by atoms with Gasteiger partial charge in [-0.25, -0.2) is 0 Å². The van der Waals surface area contributed by atoms with Gasteiger partial charge in [-0.3, -0.25) is 0 Å². The van der Waals surface area contributed by atoms with Crippen molar-refractivity contribution in [1.82, 2.24) is 9.13 Å². The lowest BCUT2D eigenvalue weighted by Gasteiger charge is -2.07. The van der Waals surface area contributed by atoms with E-state index in [1.807, 2.05) is 54.6 Å². The van der Waals surface area contributed by atoms with Crippen molar-refractivity contribution in [3.63, 3.8) is 0 Å². The van der Waals surface area contributed by atoms with Crippen molar-refractivity contribution < 1.29 is 9.68 Å². The summed E-state index contributed by atoms with van der Waals surface area (Å²) < 4.78 is 10.8. The van der Waals surface area contributed by atoms with E-state index in [0.29, 0.717) is 13.4 Å². The van der Waals surface area contributed by atoms with Gasteiger partial charge in [-0.15, -0.1) is 0 Å². The van der Waals surface area contributed by atoms with Gasteiger partial charge in [0.25, 0.3) is 0 Å². The molecule has 0 aliphatic carbocycles. The second kappa shape index (κ2) is 11.2. The molecule has 8 aromatic rings. The standard InChI is InChI=1S/C18H13BNO2.C18H12BrN/c21-19-22-14-10-11-18-16(12-14)15-8-4-5-9-17(15)20(18)13-6-2-1-3-7-13;19-13-10-11-18-16(12-13)15-8-4-5-9-17(15)20(18)14-6-2-1-3-7-14/h1-12,21H;1-12H. The third kappa shape index (κ3) is 4.65. The smallest absolute Gasteiger partial charge is 0.537 e. The van der Waals surface area contributed by atoms with Gasteiger partial charge in [0, 0.05) is 37.4 Å². The Hall–Kier alpha value is -4.78. The summed E-state index contributed by atoms with van der Waals surface area (Å²) >= 11 is 3.57. The molecule has 0 unspecified atom stereocenters. The molecule has 2 aromatic heterocycles. The molecule has 4 nitrogen and oxygen atoms in total. The van der Waals surface area contributed by atoms with Crippen molar-refractivity contribution in [1.29, 1.82) is 0 Å². The van der Waals surface area contributed by atoms with Crippen LogP contribution in [0.3, 0.4) is 0 Å². The van der Waals surface area contributed by atoms with Crippen LogP contribution in [0.25, 0.3) is 55.0 Å². The minimum atomic E-state index is 0.617. The summed E-state index contributed by atoms with van der Waals surface area (Å²) in [5.41, 5.74) is 7.05. The van der Waals surface area contributed by atoms with E-state index in [0.717, 1.165) is 32.0 Å². The highest BCUT2D eigenvalue weighted by Crippen LogP contribution is 2.35. The van der Waals surface area contributed by atoms with Gasteiger partial charge < -0.3 is 18.8 Å². The molecule has 2 heterocycles. The Morgan fingerprint density at radius 1 is 0.476 bits per heavy atom. The molecule has 1 N–H and O–H groups in total. The van der Waals surface area contributed by atoms with Crippen LogP contribution in [0, 0.1) is 0 Å². The van der Waals surface area contributed by atoms with Crippen LogP contribution in [0.2, 0.25) is 0 Å². The van der Waals surface area contributed by atoms with Crippen LogP contribution >= 0.6 is 15.9 Å². The Bertz CT molecular complexity index is 2170. The quantitative estimate of drug-likeness (QED) is 0.203. The van der Waals surface area contributed by atoms with Gasteiger partial charge in [0.1, 0.15) is 5.75 Å². The number of rotatable bonds is 4. The van der Waals surface area contributed by atoms with E-state index in [9.17, 15) is 0 Å². The molecule has 0 aliphatic heterocycles. The van der Waals surface area contributed by atoms with Crippen LogP contribution in [0.1, 0.15) is 0 Å². The van der Waals surface area contributed by atoms with Crippen LogP contribution in [0.4, 0.5) is 0 Å². The number of nitrogens with zero attached hydrogens (tertiary/aromatic N) is 2. The summed E-state index contributed by atoms with van der Waals surface area (Å²) in [7, 11) is 0.706. The predicted molar refractivity (Wildman–Crippen MR) is 178 cm³/mol. The maximum atomic E-state index is 8.84. The fraction of sp³-hybridized carbons (Fsp3) is 0. The maximum Gasteiger partial charge on any atom is 0.569 e. The first-order valence-corrected chi connectivity index (χ1v) is 14.5. The Kier molecular flexibility index (Phi) is 7.00. The van der Waals surface area contributed by atoms with Crippen LogP contribution in [0.5, 0.6) is 5.75 Å². The second-order valence-corrected chi connectivity index (χ2v) is 10.9. The highest BCUT2D eigenvalue weighted by atomic mass is 79.9. The molecule has 0 atom stereocenters. The summed E-state index contributed by atoms with van der Waals surface area (Å²) in [6, 6.07) is 49.9. The monoisotopic (exact) mass is 607 g/mol. The number of benzene rings is 6. The zero-order valence-electron chi connectivity index (χ0n) is 22.6. The highest BCUT2D eigenvalue weighted by molar-refractivity contribution is 9.10. The molecule has 0 fully saturated rings. The molecule has 0 saturated carbocycles. The van der Waals surface area contributed by atoms with Crippen LogP contribution in [-0.4, -0.2) is 21.8 Å². The summed E-state index contributed by atoms with van der Waals surface area (Å²) in [6.07, 6.45) is 0. The minimum absolute atomic E-state index is 0.617. The first-order chi connectivity index (χ1) is 20.7. The Morgan fingerprint density at radius 2 is 0.929 bits per heavy atom. The zero-order valence-corrected chi connectivity index (χ0v) is 24.1. The fourth-order valence-corrected chi connectivity index (χ4v) is 6.10. The van der Waals surface area contributed by atoms with Crippen molar-refractivity contribution >= 4 is 67.2 Å². The van der Waals surface area contributed by atoms with Crippen molar-refractivity contribution in [3.8, 4) is 17.1 Å². The van der Waals surface area contributed by atoms with E-state index in [4.69, 9.17) is 9.68 Å². The van der Waals surface area contributed by atoms with E-state index >= 15 is 0 Å². The number of hydrogen-bond acceptors (Lipinski definition) is 2. The minimum Gasteiger partial charge on any atom is -0.537 e. The van der Waals surface area contributed by atoms with Crippen LogP contribution < -0.4 is 4.65 Å². The number of fused-ring (bicyclic) bond motifs is 6. The lowest BCUT2D eigenvalue weighted by atomic mass is 10.1. The first-order valence-electron chi connectivity index (χ1n) is 13.7. The molecular formula is C36H25BBrN2O2. The predicted octanol–water partition coefficient (Wildman–Crippen LogP) is 9.24. The average molecular weight is 608 g/mol. The molecule has 0 spiro atoms. The summed E-state index contributed by atoms with van der Waals surface area (Å²) in [5.74, 6) is 0.617. The van der Waals surface area contributed by atoms with E-state index in [1.54, 1.807) is 0 Å². The average Bonchev–Trinajstić information content (AvgIpc) is 3.55. The molecule has 0 aliphatic rings. The maximum absolute atomic E-state index is 8.84. The SMILES string of the molecule is Brc1ccc2c(c1)c1ccccc1n2-c1ccccc1.O[B]Oc1ccc2c(c1)c1ccccc1n2-c1ccccc1. The third-order valence-corrected chi connectivity index (χ3v) is 7.99. The van der Waals surface area contributed by atoms with Gasteiger partial charge in [-0.1, -0.05) is 88.7 Å². The molecule has 1 radical (unpaired) electrons. The second-order valence-electron chi connectivity index (χ2n) is 9.94. The number of halogens is 1. The Balaban J connectivity index is 0.000000138.